The van der Waals surface area contributed by atoms with E-state index in [1.54, 1.807) is 0 Å². The summed E-state index contributed by atoms with van der Waals surface area (Å²) >= 11 is 0. The Labute approximate surface area is 226 Å². The summed E-state index contributed by atoms with van der Waals surface area (Å²) in [5, 5.41) is 13.0. The van der Waals surface area contributed by atoms with Gasteiger partial charge in [-0.05, 0) is 67.3 Å². The fourth-order valence-electron chi connectivity index (χ4n) is 5.43. The number of hydrogen-bond donors (Lipinski definition) is 4. The third kappa shape index (κ3) is 6.19. The van der Waals surface area contributed by atoms with Gasteiger partial charge in [-0.3, -0.25) is 9.59 Å². The van der Waals surface area contributed by atoms with Crippen LogP contribution < -0.4 is 32.1 Å². The molecule has 1 aromatic carbocycles. The fraction of sp³-hybridized carbons (Fsp3) is 0.400. The van der Waals surface area contributed by atoms with Crippen LogP contribution in [-0.2, 0) is 0 Å². The van der Waals surface area contributed by atoms with Crippen molar-refractivity contribution in [1.82, 2.24) is 10.6 Å². The van der Waals surface area contributed by atoms with Gasteiger partial charge in [-0.2, -0.15) is 13.2 Å². The van der Waals surface area contributed by atoms with Crippen molar-refractivity contribution in [3.8, 4) is 0 Å². The van der Waals surface area contributed by atoms with Crippen LogP contribution in [0.25, 0.3) is 0 Å². The summed E-state index contributed by atoms with van der Waals surface area (Å²) in [7, 11) is 0. The number of anilines is 2. The first-order valence-corrected chi connectivity index (χ1v) is 13.2. The molecule has 2 heterocycles. The summed E-state index contributed by atoms with van der Waals surface area (Å²) in [6.45, 7) is 10.2. The molecular weight excluding hydrogens is 505 g/mol. The maximum Gasteiger partial charge on any atom is 0.395 e. The topological polar surface area (TPSA) is 82.3 Å². The molecule has 9 heteroatoms. The summed E-state index contributed by atoms with van der Waals surface area (Å²) < 4.78 is 39.0. The van der Waals surface area contributed by atoms with Gasteiger partial charge in [0.1, 0.15) is 11.4 Å². The Kier molecular flexibility index (Phi) is 8.80. The van der Waals surface area contributed by atoms with E-state index in [2.05, 4.69) is 47.4 Å². The first-order chi connectivity index (χ1) is 18.7. The molecule has 208 valence electrons. The van der Waals surface area contributed by atoms with Crippen molar-refractivity contribution < 1.29 is 13.2 Å². The van der Waals surface area contributed by atoms with Gasteiger partial charge in [-0.1, -0.05) is 49.5 Å². The van der Waals surface area contributed by atoms with Crippen molar-refractivity contribution in [1.29, 1.82) is 0 Å². The van der Waals surface area contributed by atoms with E-state index >= 15 is 0 Å². The van der Waals surface area contributed by atoms with Crippen LogP contribution in [0.15, 0.2) is 94.9 Å². The minimum atomic E-state index is -4.40. The Morgan fingerprint density at radius 2 is 1.90 bits per heavy atom. The summed E-state index contributed by atoms with van der Waals surface area (Å²) in [6, 6.07) is -0.380. The lowest BCUT2D eigenvalue weighted by Gasteiger charge is -2.40. The first kappa shape index (κ1) is 28.4. The molecule has 0 amide bonds. The van der Waals surface area contributed by atoms with Gasteiger partial charge in [0, 0.05) is 6.04 Å². The summed E-state index contributed by atoms with van der Waals surface area (Å²) in [5.74, 6) is -0.961. The predicted molar refractivity (Wildman–Crippen MR) is 151 cm³/mol. The maximum atomic E-state index is 13.0. The largest absolute Gasteiger partial charge is 0.395 e. The monoisotopic (exact) mass is 540 g/mol. The van der Waals surface area contributed by atoms with Gasteiger partial charge in [0.15, 0.2) is 0 Å². The number of hydrogen-bond acceptors (Lipinski definition) is 6. The van der Waals surface area contributed by atoms with Crippen molar-refractivity contribution in [2.45, 2.75) is 50.5 Å². The highest BCUT2D eigenvalue weighted by Gasteiger charge is 2.37. The fourth-order valence-corrected chi connectivity index (χ4v) is 5.43. The highest BCUT2D eigenvalue weighted by atomic mass is 19.4. The summed E-state index contributed by atoms with van der Waals surface area (Å²) in [5.41, 5.74) is 0.892. The Hall–Kier alpha value is -3.59. The van der Waals surface area contributed by atoms with E-state index in [9.17, 15) is 22.8 Å². The lowest BCUT2D eigenvalue weighted by atomic mass is 9.78. The Morgan fingerprint density at radius 1 is 1.13 bits per heavy atom. The molecular formula is C30H35F3N4O2. The van der Waals surface area contributed by atoms with Gasteiger partial charge in [0.2, 0.25) is 0 Å². The molecule has 4 N–H and O–H groups in total. The van der Waals surface area contributed by atoms with Crippen molar-refractivity contribution in [2.75, 3.05) is 17.2 Å². The average Bonchev–Trinajstić information content (AvgIpc) is 2.94. The minimum Gasteiger partial charge on any atom is -0.381 e. The average molecular weight is 541 g/mol. The van der Waals surface area contributed by atoms with Gasteiger partial charge in [-0.15, -0.1) is 13.2 Å². The molecule has 6 nitrogen and oxygen atoms in total. The van der Waals surface area contributed by atoms with Crippen molar-refractivity contribution in [3.05, 3.63) is 106 Å². The van der Waals surface area contributed by atoms with E-state index in [4.69, 9.17) is 0 Å². The molecule has 1 fully saturated rings. The van der Waals surface area contributed by atoms with Crippen molar-refractivity contribution in [2.24, 2.45) is 17.8 Å². The van der Waals surface area contributed by atoms with Crippen LogP contribution in [0, 0.1) is 17.8 Å². The normalized spacial score (nSPS) is 25.2. The molecule has 2 aliphatic heterocycles. The van der Waals surface area contributed by atoms with E-state index in [1.807, 2.05) is 36.6 Å². The molecule has 3 aliphatic rings. The van der Waals surface area contributed by atoms with Gasteiger partial charge in [0.25, 0.3) is 10.9 Å². The van der Waals surface area contributed by atoms with Gasteiger partial charge in [0.05, 0.1) is 18.0 Å². The van der Waals surface area contributed by atoms with Crippen LogP contribution in [0.1, 0.15) is 26.2 Å². The first-order valence-electron chi connectivity index (χ1n) is 13.2. The van der Waals surface area contributed by atoms with Crippen molar-refractivity contribution in [3.63, 3.8) is 0 Å². The zero-order valence-corrected chi connectivity index (χ0v) is 21.9. The molecule has 1 aliphatic carbocycles. The van der Waals surface area contributed by atoms with Crippen LogP contribution in [0.4, 0.5) is 24.5 Å². The molecule has 4 rings (SSSR count). The highest BCUT2D eigenvalue weighted by molar-refractivity contribution is 5.76. The van der Waals surface area contributed by atoms with Gasteiger partial charge in [-0.25, -0.2) is 0 Å². The summed E-state index contributed by atoms with van der Waals surface area (Å²) in [4.78, 5) is 25.1. The number of alkyl halides is 3. The molecule has 39 heavy (non-hydrogen) atoms. The second kappa shape index (κ2) is 12.1. The van der Waals surface area contributed by atoms with E-state index in [0.717, 1.165) is 36.6 Å². The number of nitrogens with one attached hydrogen (secondary N) is 4. The highest BCUT2D eigenvalue weighted by Crippen LogP contribution is 2.33. The number of allylic oxidation sites excluding steroid dienone is 5. The molecule has 0 aromatic heterocycles. The quantitative estimate of drug-likeness (QED) is 0.238. The summed E-state index contributed by atoms with van der Waals surface area (Å²) in [6.07, 6.45) is 14.4. The molecule has 1 saturated heterocycles. The van der Waals surface area contributed by atoms with Gasteiger partial charge >= 0.3 is 6.18 Å². The molecule has 0 radical (unpaired) electrons. The third-order valence-corrected chi connectivity index (χ3v) is 7.88. The number of dihydropyridines is 1. The number of halogens is 3. The Bertz CT molecular complexity index is 1300. The van der Waals surface area contributed by atoms with E-state index in [1.165, 1.54) is 12.3 Å². The van der Waals surface area contributed by atoms with Crippen LogP contribution in [-0.4, -0.2) is 30.8 Å². The smallest absolute Gasteiger partial charge is 0.381 e. The van der Waals surface area contributed by atoms with E-state index in [-0.39, 0.29) is 35.9 Å². The van der Waals surface area contributed by atoms with Crippen LogP contribution in [0.2, 0.25) is 0 Å². The number of fused-ring (bicyclic) bond motifs is 1. The van der Waals surface area contributed by atoms with Gasteiger partial charge < -0.3 is 21.3 Å². The van der Waals surface area contributed by atoms with E-state index in [0.29, 0.717) is 11.8 Å². The number of piperidine rings is 1. The maximum absolute atomic E-state index is 13.0. The molecule has 4 unspecified atom stereocenters. The standard InChI is InChI=1S/C30H35F3N4O2/c1-4-18(3)19-12-15-35-24(17-19)25(22-13-16-34-23-11-7-6-10-21(22)23)37-27-26(28(38)29(27)39)36-14-8-9-20(5-2)30(31,32)33/h4-8,10-11,13-14,16,18-20,23-25,34-37H,1-2,9,12,15,17H2,3H3/b14-8+/t18?,19?,20?,23?,24-,25-/m0/s1. The SMILES string of the molecule is C=CC(C)C1CCN[C@H]([C@@H](Nc2c(N/C=C/CC(C=C)C(F)(F)F)c(=O)c2=O)C2=C3C=CC=CC3NC=C2)C1. The second-order valence-electron chi connectivity index (χ2n) is 10.3. The molecule has 1 aromatic rings. The molecule has 0 spiro atoms. The minimum absolute atomic E-state index is 0.00884. The second-order valence-corrected chi connectivity index (χ2v) is 10.3. The zero-order chi connectivity index (χ0) is 28.2. The van der Waals surface area contributed by atoms with Crippen LogP contribution in [0.3, 0.4) is 0 Å². The molecule has 6 atom stereocenters. The molecule has 0 saturated carbocycles. The Morgan fingerprint density at radius 3 is 2.62 bits per heavy atom. The van der Waals surface area contributed by atoms with Crippen LogP contribution >= 0.6 is 0 Å². The van der Waals surface area contributed by atoms with Crippen LogP contribution in [0.5, 0.6) is 0 Å². The third-order valence-electron chi connectivity index (χ3n) is 7.88. The lowest BCUT2D eigenvalue weighted by molar-refractivity contribution is -0.160. The van der Waals surface area contributed by atoms with Crippen molar-refractivity contribution >= 4 is 11.4 Å². The lowest BCUT2D eigenvalue weighted by Crippen LogP contribution is -2.53. The van der Waals surface area contributed by atoms with E-state index < -0.39 is 23.0 Å². The number of rotatable bonds is 11. The molecule has 0 bridgehead atoms. The Balaban J connectivity index is 1.61. The predicted octanol–water partition coefficient (Wildman–Crippen LogP) is 4.84. The zero-order valence-electron chi connectivity index (χ0n) is 21.9.